The van der Waals surface area contributed by atoms with Crippen LogP contribution >= 0.6 is 34.7 Å². The number of halogens is 1. The van der Waals surface area contributed by atoms with Crippen molar-refractivity contribution < 1.29 is 9.59 Å². The summed E-state index contributed by atoms with van der Waals surface area (Å²) in [6.07, 6.45) is 0. The van der Waals surface area contributed by atoms with E-state index < -0.39 is 0 Å². The first-order valence-electron chi connectivity index (χ1n) is 10.6. The number of hydrogen-bond acceptors (Lipinski definition) is 5. The van der Waals surface area contributed by atoms with Crippen LogP contribution in [0.3, 0.4) is 0 Å². The third-order valence-electron chi connectivity index (χ3n) is 5.07. The second-order valence-electron chi connectivity index (χ2n) is 7.56. The zero-order valence-electron chi connectivity index (χ0n) is 18.5. The molecule has 0 spiro atoms. The fourth-order valence-electron chi connectivity index (χ4n) is 3.23. The number of anilines is 2. The van der Waals surface area contributed by atoms with Crippen LogP contribution in [0.25, 0.3) is 11.3 Å². The van der Waals surface area contributed by atoms with Gasteiger partial charge in [0.25, 0.3) is 5.91 Å². The van der Waals surface area contributed by atoms with E-state index in [-0.39, 0.29) is 17.1 Å². The van der Waals surface area contributed by atoms with Crippen molar-refractivity contribution in [3.05, 3.63) is 94.3 Å². The Hall–Kier alpha value is -3.13. The summed E-state index contributed by atoms with van der Waals surface area (Å²) < 4.78 is 0. The molecule has 1 atom stereocenters. The van der Waals surface area contributed by atoms with Gasteiger partial charge in [0, 0.05) is 32.1 Å². The number of amides is 2. The third kappa shape index (κ3) is 5.86. The fraction of sp³-hybridized carbons (Fsp3) is 0.115. The molecule has 1 heterocycles. The van der Waals surface area contributed by atoms with Gasteiger partial charge in [0.05, 0.1) is 10.9 Å². The fourth-order valence-corrected chi connectivity index (χ4v) is 5.04. The van der Waals surface area contributed by atoms with Crippen molar-refractivity contribution in [2.45, 2.75) is 24.0 Å². The quantitative estimate of drug-likeness (QED) is 0.261. The van der Waals surface area contributed by atoms with Crippen LogP contribution in [0.2, 0.25) is 5.02 Å². The molecule has 0 aliphatic rings. The van der Waals surface area contributed by atoms with Crippen molar-refractivity contribution in [1.29, 1.82) is 0 Å². The molecule has 3 aromatic carbocycles. The predicted molar refractivity (Wildman–Crippen MR) is 142 cm³/mol. The van der Waals surface area contributed by atoms with Gasteiger partial charge in [-0.05, 0) is 55.8 Å². The Labute approximate surface area is 211 Å². The highest BCUT2D eigenvalue weighted by molar-refractivity contribution is 8.00. The summed E-state index contributed by atoms with van der Waals surface area (Å²) in [7, 11) is 0. The van der Waals surface area contributed by atoms with Crippen LogP contribution in [0.1, 0.15) is 22.8 Å². The molecule has 0 saturated heterocycles. The van der Waals surface area contributed by atoms with Crippen LogP contribution in [0, 0.1) is 6.92 Å². The van der Waals surface area contributed by atoms with E-state index in [9.17, 15) is 9.59 Å². The molecular formula is C26H22ClN3O2S2. The largest absolute Gasteiger partial charge is 0.322 e. The van der Waals surface area contributed by atoms with Crippen LogP contribution in [0.15, 0.2) is 83.1 Å². The summed E-state index contributed by atoms with van der Waals surface area (Å²) in [5, 5.41) is 8.48. The molecule has 0 saturated carbocycles. The third-order valence-corrected chi connectivity index (χ3v) is 7.27. The maximum Gasteiger partial charge on any atom is 0.255 e. The highest BCUT2D eigenvalue weighted by Gasteiger charge is 2.17. The van der Waals surface area contributed by atoms with Gasteiger partial charge in [0.2, 0.25) is 5.91 Å². The molecule has 4 rings (SSSR count). The molecular weight excluding hydrogens is 486 g/mol. The minimum Gasteiger partial charge on any atom is -0.322 e. The van der Waals surface area contributed by atoms with E-state index >= 15 is 0 Å². The normalized spacial score (nSPS) is 11.6. The summed E-state index contributed by atoms with van der Waals surface area (Å²) in [6.45, 7) is 3.75. The average molecular weight is 508 g/mol. The van der Waals surface area contributed by atoms with Gasteiger partial charge in [-0.1, -0.05) is 48.0 Å². The first-order chi connectivity index (χ1) is 16.4. The van der Waals surface area contributed by atoms with Gasteiger partial charge in [-0.25, -0.2) is 4.98 Å². The monoisotopic (exact) mass is 507 g/mol. The Morgan fingerprint density at radius 3 is 2.41 bits per heavy atom. The van der Waals surface area contributed by atoms with Gasteiger partial charge >= 0.3 is 0 Å². The molecule has 2 amide bonds. The number of hydrogen-bond donors (Lipinski definition) is 2. The SMILES string of the molecule is Cc1ccccc1C(=O)Nc1ccc(SC(C)C(=O)Nc2nc(-c3ccccc3Cl)cs2)cc1. The number of rotatable bonds is 7. The Morgan fingerprint density at radius 2 is 1.68 bits per heavy atom. The number of thiazole rings is 1. The van der Waals surface area contributed by atoms with Crippen LogP contribution in [-0.4, -0.2) is 22.0 Å². The Balaban J connectivity index is 1.33. The molecule has 1 unspecified atom stereocenters. The molecule has 0 aliphatic carbocycles. The van der Waals surface area contributed by atoms with Crippen molar-refractivity contribution in [3.63, 3.8) is 0 Å². The van der Waals surface area contributed by atoms with E-state index in [2.05, 4.69) is 15.6 Å². The van der Waals surface area contributed by atoms with Gasteiger partial charge in [-0.15, -0.1) is 23.1 Å². The summed E-state index contributed by atoms with van der Waals surface area (Å²) in [5.74, 6) is -0.284. The number of carbonyl (C=O) groups is 2. The van der Waals surface area contributed by atoms with Crippen molar-refractivity contribution in [2.75, 3.05) is 10.6 Å². The average Bonchev–Trinajstić information content (AvgIpc) is 3.29. The lowest BCUT2D eigenvalue weighted by atomic mass is 10.1. The summed E-state index contributed by atoms with van der Waals surface area (Å²) in [6, 6.07) is 22.4. The number of nitrogens with one attached hydrogen (secondary N) is 2. The molecule has 0 aliphatic heterocycles. The van der Waals surface area contributed by atoms with Gasteiger partial charge in [0.15, 0.2) is 5.13 Å². The molecule has 34 heavy (non-hydrogen) atoms. The van der Waals surface area contributed by atoms with Gasteiger partial charge < -0.3 is 10.6 Å². The van der Waals surface area contributed by atoms with E-state index in [0.29, 0.717) is 21.4 Å². The number of nitrogens with zero attached hydrogens (tertiary/aromatic N) is 1. The molecule has 1 aromatic heterocycles. The summed E-state index contributed by atoms with van der Waals surface area (Å²) in [5.41, 5.74) is 3.83. The predicted octanol–water partition coefficient (Wildman–Crippen LogP) is 7.14. The molecule has 5 nitrogen and oxygen atoms in total. The minimum atomic E-state index is -0.333. The van der Waals surface area contributed by atoms with Gasteiger partial charge in [-0.3, -0.25) is 9.59 Å². The molecule has 0 bridgehead atoms. The summed E-state index contributed by atoms with van der Waals surface area (Å²) >= 11 is 9.04. The maximum absolute atomic E-state index is 12.7. The number of thioether (sulfide) groups is 1. The zero-order valence-corrected chi connectivity index (χ0v) is 20.9. The smallest absolute Gasteiger partial charge is 0.255 e. The Morgan fingerprint density at radius 1 is 0.971 bits per heavy atom. The van der Waals surface area contributed by atoms with E-state index in [4.69, 9.17) is 11.6 Å². The van der Waals surface area contributed by atoms with Crippen molar-refractivity contribution >= 4 is 57.3 Å². The number of aromatic nitrogens is 1. The topological polar surface area (TPSA) is 71.1 Å². The lowest BCUT2D eigenvalue weighted by molar-refractivity contribution is -0.115. The Bertz CT molecular complexity index is 1320. The van der Waals surface area contributed by atoms with Crippen molar-refractivity contribution in [3.8, 4) is 11.3 Å². The number of aryl methyl sites for hydroxylation is 1. The Kier molecular flexibility index (Phi) is 7.67. The van der Waals surface area contributed by atoms with Gasteiger partial charge in [-0.2, -0.15) is 0 Å². The first-order valence-corrected chi connectivity index (χ1v) is 12.7. The first kappa shape index (κ1) is 24.0. The van der Waals surface area contributed by atoms with Crippen molar-refractivity contribution in [1.82, 2.24) is 4.98 Å². The van der Waals surface area contributed by atoms with E-state index in [1.54, 1.807) is 6.07 Å². The minimum absolute atomic E-state index is 0.137. The molecule has 172 valence electrons. The van der Waals surface area contributed by atoms with Crippen LogP contribution in [-0.2, 0) is 4.79 Å². The van der Waals surface area contributed by atoms with E-state index in [1.807, 2.05) is 86.0 Å². The van der Waals surface area contributed by atoms with Crippen LogP contribution in [0.5, 0.6) is 0 Å². The maximum atomic E-state index is 12.7. The number of carbonyl (C=O) groups excluding carboxylic acids is 2. The standard InChI is InChI=1S/C26H22ClN3O2S2/c1-16-7-3-4-8-20(16)25(32)28-18-11-13-19(14-12-18)34-17(2)24(31)30-26-29-23(15-33-26)21-9-5-6-10-22(21)27/h3-15,17H,1-2H3,(H,28,32)(H,29,30,31). The molecule has 8 heteroatoms. The second-order valence-corrected chi connectivity index (χ2v) is 10.2. The van der Waals surface area contributed by atoms with Gasteiger partial charge in [0.1, 0.15) is 0 Å². The second kappa shape index (κ2) is 10.9. The molecule has 0 fully saturated rings. The lowest BCUT2D eigenvalue weighted by Crippen LogP contribution is -2.22. The highest BCUT2D eigenvalue weighted by Crippen LogP contribution is 2.31. The number of benzene rings is 3. The molecule has 4 aromatic rings. The van der Waals surface area contributed by atoms with Crippen LogP contribution in [0.4, 0.5) is 10.8 Å². The lowest BCUT2D eigenvalue weighted by Gasteiger charge is -2.12. The van der Waals surface area contributed by atoms with E-state index in [0.717, 1.165) is 21.7 Å². The molecule has 2 N–H and O–H groups in total. The molecule has 0 radical (unpaired) electrons. The van der Waals surface area contributed by atoms with Crippen LogP contribution < -0.4 is 10.6 Å². The van der Waals surface area contributed by atoms with E-state index in [1.165, 1.54) is 23.1 Å². The summed E-state index contributed by atoms with van der Waals surface area (Å²) in [4.78, 5) is 30.6. The highest BCUT2D eigenvalue weighted by atomic mass is 35.5. The van der Waals surface area contributed by atoms with Crippen molar-refractivity contribution in [2.24, 2.45) is 0 Å². The zero-order chi connectivity index (χ0) is 24.1.